The molecule has 2 heterocycles. The van der Waals surface area contributed by atoms with Crippen molar-refractivity contribution >= 4 is 6.09 Å². The first kappa shape index (κ1) is 12.5. The average molecular weight is 252 g/mol. The van der Waals surface area contributed by atoms with Crippen molar-refractivity contribution in [2.45, 2.75) is 26.5 Å². The highest BCUT2D eigenvalue weighted by molar-refractivity contribution is 5.65. The second-order valence-electron chi connectivity index (χ2n) is 4.68. The molecule has 0 saturated heterocycles. The number of fused-ring (bicyclic) bond motifs is 1. The van der Waals surface area contributed by atoms with Crippen LogP contribution in [0, 0.1) is 5.92 Å². The molecule has 6 nitrogen and oxygen atoms in total. The van der Waals surface area contributed by atoms with E-state index in [-0.39, 0.29) is 24.4 Å². The van der Waals surface area contributed by atoms with E-state index in [0.29, 0.717) is 18.0 Å². The van der Waals surface area contributed by atoms with Crippen LogP contribution in [0.5, 0.6) is 11.6 Å². The zero-order valence-electron chi connectivity index (χ0n) is 10.3. The van der Waals surface area contributed by atoms with Crippen molar-refractivity contribution in [1.82, 2.24) is 9.88 Å². The minimum Gasteiger partial charge on any atom is -0.493 e. The van der Waals surface area contributed by atoms with E-state index in [9.17, 15) is 9.90 Å². The number of amides is 1. The number of aromatic nitrogens is 1. The van der Waals surface area contributed by atoms with E-state index in [2.05, 4.69) is 4.98 Å². The van der Waals surface area contributed by atoms with Crippen molar-refractivity contribution in [3.05, 3.63) is 17.8 Å². The molecule has 0 radical (unpaired) electrons. The van der Waals surface area contributed by atoms with Crippen molar-refractivity contribution in [1.29, 1.82) is 0 Å². The maximum atomic E-state index is 11.2. The lowest BCUT2D eigenvalue weighted by atomic mass is 10.1. The zero-order chi connectivity index (χ0) is 13.3. The number of carboxylic acid groups (broad SMARTS) is 1. The third kappa shape index (κ3) is 2.47. The first-order chi connectivity index (χ1) is 8.47. The van der Waals surface area contributed by atoms with Gasteiger partial charge in [-0.3, -0.25) is 4.90 Å². The van der Waals surface area contributed by atoms with Gasteiger partial charge in [-0.1, -0.05) is 13.8 Å². The second-order valence-corrected chi connectivity index (χ2v) is 4.68. The van der Waals surface area contributed by atoms with Gasteiger partial charge in [-0.15, -0.1) is 0 Å². The predicted molar refractivity (Wildman–Crippen MR) is 63.6 cm³/mol. The minimum atomic E-state index is -1.01. The van der Waals surface area contributed by atoms with E-state index >= 15 is 0 Å². The van der Waals surface area contributed by atoms with Gasteiger partial charge in [0.25, 0.3) is 0 Å². The summed E-state index contributed by atoms with van der Waals surface area (Å²) in [4.78, 5) is 16.3. The molecule has 0 spiro atoms. The number of ether oxygens (including phenoxy) is 1. The summed E-state index contributed by atoms with van der Waals surface area (Å²) < 4.78 is 5.78. The lowest BCUT2D eigenvalue weighted by molar-refractivity contribution is 0.0959. The molecular formula is C12H16N2O4. The van der Waals surface area contributed by atoms with Gasteiger partial charge in [0.15, 0.2) is 0 Å². The molecule has 0 fully saturated rings. The van der Waals surface area contributed by atoms with Gasteiger partial charge < -0.3 is 14.9 Å². The number of hydrogen-bond donors (Lipinski definition) is 2. The van der Waals surface area contributed by atoms with Gasteiger partial charge in [-0.05, 0) is 12.0 Å². The third-order valence-corrected chi connectivity index (χ3v) is 2.95. The van der Waals surface area contributed by atoms with Gasteiger partial charge in [0, 0.05) is 6.07 Å². The van der Waals surface area contributed by atoms with Crippen molar-refractivity contribution in [3.8, 4) is 11.6 Å². The van der Waals surface area contributed by atoms with Gasteiger partial charge in [0.1, 0.15) is 17.5 Å². The highest BCUT2D eigenvalue weighted by atomic mass is 16.5. The van der Waals surface area contributed by atoms with Crippen LogP contribution in [0.2, 0.25) is 0 Å². The third-order valence-electron chi connectivity index (χ3n) is 2.95. The van der Waals surface area contributed by atoms with Gasteiger partial charge in [0.05, 0.1) is 13.1 Å². The van der Waals surface area contributed by atoms with E-state index in [0.717, 1.165) is 0 Å². The molecule has 1 aromatic rings. The molecule has 0 aromatic carbocycles. The molecule has 0 saturated carbocycles. The fourth-order valence-electron chi connectivity index (χ4n) is 1.85. The standard InChI is InChI=1S/C12H16N2O4/c1-7(2)10-6-14(12(16)17)5-8-9(18-10)3-4-11(15)13-8/h3-4,7,10H,5-6H2,1-2H3,(H,13,15)(H,16,17)/t10-/m0/s1. The number of pyridine rings is 1. The predicted octanol–water partition coefficient (Wildman–Crippen LogP) is 1.68. The summed E-state index contributed by atoms with van der Waals surface area (Å²) in [6.07, 6.45) is -1.23. The molecule has 0 unspecified atom stereocenters. The van der Waals surface area contributed by atoms with Crippen molar-refractivity contribution < 1.29 is 19.7 Å². The van der Waals surface area contributed by atoms with Gasteiger partial charge in [0.2, 0.25) is 5.88 Å². The maximum absolute atomic E-state index is 11.2. The van der Waals surface area contributed by atoms with Crippen LogP contribution >= 0.6 is 0 Å². The normalized spacial score (nSPS) is 19.1. The first-order valence-corrected chi connectivity index (χ1v) is 5.80. The van der Waals surface area contributed by atoms with E-state index < -0.39 is 6.09 Å². The van der Waals surface area contributed by atoms with Crippen LogP contribution in [-0.2, 0) is 6.54 Å². The zero-order valence-corrected chi connectivity index (χ0v) is 10.3. The lowest BCUT2D eigenvalue weighted by Crippen LogP contribution is -2.38. The summed E-state index contributed by atoms with van der Waals surface area (Å²) in [7, 11) is 0. The van der Waals surface area contributed by atoms with E-state index in [1.54, 1.807) is 6.07 Å². The Bertz CT molecular complexity index is 461. The van der Waals surface area contributed by atoms with Crippen molar-refractivity contribution in [3.63, 3.8) is 0 Å². The summed E-state index contributed by atoms with van der Waals surface area (Å²) in [6.45, 7) is 4.37. The van der Waals surface area contributed by atoms with Gasteiger partial charge in [-0.25, -0.2) is 9.78 Å². The van der Waals surface area contributed by atoms with E-state index in [1.165, 1.54) is 11.0 Å². The Morgan fingerprint density at radius 2 is 2.28 bits per heavy atom. The molecule has 1 amide bonds. The van der Waals surface area contributed by atoms with E-state index in [4.69, 9.17) is 9.84 Å². The molecule has 6 heteroatoms. The van der Waals surface area contributed by atoms with Crippen LogP contribution in [0.15, 0.2) is 12.1 Å². The number of aromatic hydroxyl groups is 1. The molecule has 1 atom stereocenters. The van der Waals surface area contributed by atoms with Crippen LogP contribution in [0.1, 0.15) is 19.5 Å². The number of nitrogens with zero attached hydrogens (tertiary/aromatic N) is 2. The van der Waals surface area contributed by atoms with Gasteiger partial charge >= 0.3 is 6.09 Å². The quantitative estimate of drug-likeness (QED) is 0.794. The van der Waals surface area contributed by atoms with Gasteiger partial charge in [-0.2, -0.15) is 0 Å². The lowest BCUT2D eigenvalue weighted by Gasteiger charge is -2.24. The molecule has 1 aliphatic rings. The SMILES string of the molecule is CC(C)[C@@H]1CN(C(=O)O)Cc2nc(O)ccc2O1. The van der Waals surface area contributed by atoms with Crippen LogP contribution in [0.25, 0.3) is 0 Å². The molecule has 1 aliphatic heterocycles. The first-order valence-electron chi connectivity index (χ1n) is 5.80. The molecule has 1 aromatic heterocycles. The minimum absolute atomic E-state index is 0.127. The van der Waals surface area contributed by atoms with Crippen molar-refractivity contribution in [2.24, 2.45) is 5.92 Å². The molecule has 0 aliphatic carbocycles. The van der Waals surface area contributed by atoms with Crippen LogP contribution in [0.4, 0.5) is 4.79 Å². The Hall–Kier alpha value is -1.98. The molecule has 98 valence electrons. The smallest absolute Gasteiger partial charge is 0.407 e. The fraction of sp³-hybridized carbons (Fsp3) is 0.500. The molecule has 0 bridgehead atoms. The largest absolute Gasteiger partial charge is 0.493 e. The second kappa shape index (κ2) is 4.72. The number of rotatable bonds is 1. The summed E-state index contributed by atoms with van der Waals surface area (Å²) in [6, 6.07) is 3.06. The summed E-state index contributed by atoms with van der Waals surface area (Å²) in [5.41, 5.74) is 0.445. The Labute approximate surface area is 105 Å². The summed E-state index contributed by atoms with van der Waals surface area (Å²) in [5.74, 6) is 0.590. The maximum Gasteiger partial charge on any atom is 0.407 e. The number of carbonyl (C=O) groups is 1. The average Bonchev–Trinajstić information content (AvgIpc) is 2.47. The molecule has 2 rings (SSSR count). The van der Waals surface area contributed by atoms with E-state index in [1.807, 2.05) is 13.8 Å². The Morgan fingerprint density at radius 1 is 1.56 bits per heavy atom. The monoisotopic (exact) mass is 252 g/mol. The Kier molecular flexibility index (Phi) is 3.27. The van der Waals surface area contributed by atoms with Crippen LogP contribution in [-0.4, -0.2) is 38.8 Å². The molecular weight excluding hydrogens is 236 g/mol. The molecule has 18 heavy (non-hydrogen) atoms. The Morgan fingerprint density at radius 3 is 2.89 bits per heavy atom. The fourth-order valence-corrected chi connectivity index (χ4v) is 1.85. The van der Waals surface area contributed by atoms with Crippen molar-refractivity contribution in [2.75, 3.05) is 6.54 Å². The topological polar surface area (TPSA) is 82.9 Å². The van der Waals surface area contributed by atoms with Crippen LogP contribution in [0.3, 0.4) is 0 Å². The summed E-state index contributed by atoms with van der Waals surface area (Å²) >= 11 is 0. The highest BCUT2D eigenvalue weighted by Crippen LogP contribution is 2.27. The Balaban J connectivity index is 2.36. The number of hydrogen-bond acceptors (Lipinski definition) is 4. The highest BCUT2D eigenvalue weighted by Gasteiger charge is 2.28. The molecule has 2 N–H and O–H groups in total. The summed E-state index contributed by atoms with van der Waals surface area (Å²) in [5, 5.41) is 18.5. The van der Waals surface area contributed by atoms with Crippen LogP contribution < -0.4 is 4.74 Å².